The summed E-state index contributed by atoms with van der Waals surface area (Å²) in [5.41, 5.74) is 3.27. The number of aryl methyl sites for hydroxylation is 2. The lowest BCUT2D eigenvalue weighted by Crippen LogP contribution is -2.36. The molecule has 0 spiro atoms. The van der Waals surface area contributed by atoms with Crippen LogP contribution in [0.5, 0.6) is 0 Å². The number of hydrogen-bond donors (Lipinski definition) is 2. The molecular weight excluding hydrogens is 300 g/mol. The number of nitrogens with one attached hydrogen (secondary N) is 2. The van der Waals surface area contributed by atoms with Crippen molar-refractivity contribution < 1.29 is 4.42 Å². The number of hydrogen-bond acceptors (Lipinski definition) is 4. The molecule has 126 valence electrons. The molecule has 2 unspecified atom stereocenters. The van der Waals surface area contributed by atoms with E-state index in [-0.39, 0.29) is 6.04 Å². The molecule has 0 saturated heterocycles. The second-order valence-corrected chi connectivity index (χ2v) is 6.82. The smallest absolute Gasteiger partial charge is 0.134 e. The summed E-state index contributed by atoms with van der Waals surface area (Å²) < 4.78 is 8.14. The zero-order valence-electron chi connectivity index (χ0n) is 14.5. The summed E-state index contributed by atoms with van der Waals surface area (Å²) in [5, 5.41) is 12.8. The molecule has 2 atom stereocenters. The number of nitrogens with zero attached hydrogens (tertiary/aromatic N) is 2. The summed E-state index contributed by atoms with van der Waals surface area (Å²) in [7, 11) is 0. The molecule has 2 aromatic heterocycles. The lowest BCUT2D eigenvalue weighted by molar-refractivity contribution is 0.359. The first-order valence-corrected chi connectivity index (χ1v) is 8.61. The van der Waals surface area contributed by atoms with Gasteiger partial charge in [0.2, 0.25) is 0 Å². The highest BCUT2D eigenvalue weighted by molar-refractivity contribution is 5.82. The summed E-state index contributed by atoms with van der Waals surface area (Å²) in [6.07, 6.45) is 0. The van der Waals surface area contributed by atoms with Crippen LogP contribution in [0.15, 0.2) is 34.7 Å². The van der Waals surface area contributed by atoms with Crippen LogP contribution >= 0.6 is 0 Å². The molecule has 2 N–H and O–H groups in total. The fourth-order valence-electron chi connectivity index (χ4n) is 3.56. The summed E-state index contributed by atoms with van der Waals surface area (Å²) in [5.74, 6) is 2.68. The number of furan rings is 1. The van der Waals surface area contributed by atoms with E-state index >= 15 is 0 Å². The molecule has 0 amide bonds. The second kappa shape index (κ2) is 5.98. The van der Waals surface area contributed by atoms with Crippen molar-refractivity contribution in [3.8, 4) is 0 Å². The molecule has 24 heavy (non-hydrogen) atoms. The number of fused-ring (bicyclic) bond motifs is 2. The second-order valence-electron chi connectivity index (χ2n) is 6.82. The lowest BCUT2D eigenvalue weighted by atomic mass is 10.1. The van der Waals surface area contributed by atoms with Gasteiger partial charge < -0.3 is 15.1 Å². The first kappa shape index (κ1) is 15.3. The van der Waals surface area contributed by atoms with Crippen LogP contribution in [0.4, 0.5) is 5.82 Å². The molecule has 0 fully saturated rings. The Morgan fingerprint density at radius 2 is 2.21 bits per heavy atom. The maximum atomic E-state index is 6.06. The fraction of sp³-hybridized carbons (Fsp3) is 0.421. The van der Waals surface area contributed by atoms with E-state index in [0.29, 0.717) is 5.92 Å². The largest absolute Gasteiger partial charge is 0.459 e. The minimum absolute atomic E-state index is 0.193. The highest BCUT2D eigenvalue weighted by Gasteiger charge is 2.21. The van der Waals surface area contributed by atoms with E-state index in [1.807, 2.05) is 19.1 Å². The van der Waals surface area contributed by atoms with E-state index < -0.39 is 0 Å². The number of anilines is 1. The first-order chi connectivity index (χ1) is 11.6. The molecule has 1 aliphatic rings. The number of rotatable bonds is 4. The summed E-state index contributed by atoms with van der Waals surface area (Å²) in [4.78, 5) is 0. The van der Waals surface area contributed by atoms with E-state index in [4.69, 9.17) is 4.42 Å². The first-order valence-electron chi connectivity index (χ1n) is 8.61. The average Bonchev–Trinajstić information content (AvgIpc) is 3.12. The van der Waals surface area contributed by atoms with Gasteiger partial charge in [0, 0.05) is 37.0 Å². The van der Waals surface area contributed by atoms with Crippen LogP contribution in [-0.2, 0) is 6.54 Å². The van der Waals surface area contributed by atoms with Gasteiger partial charge in [-0.2, -0.15) is 5.10 Å². The van der Waals surface area contributed by atoms with Crippen LogP contribution in [0.2, 0.25) is 0 Å². The summed E-state index contributed by atoms with van der Waals surface area (Å²) in [6.45, 7) is 9.21. The van der Waals surface area contributed by atoms with Crippen molar-refractivity contribution >= 4 is 16.8 Å². The Morgan fingerprint density at radius 1 is 1.38 bits per heavy atom. The Morgan fingerprint density at radius 3 is 3.04 bits per heavy atom. The van der Waals surface area contributed by atoms with Crippen molar-refractivity contribution in [2.45, 2.75) is 33.4 Å². The monoisotopic (exact) mass is 324 g/mol. The molecular formula is C19H24N4O. The van der Waals surface area contributed by atoms with Gasteiger partial charge in [0.1, 0.15) is 17.2 Å². The van der Waals surface area contributed by atoms with Crippen molar-refractivity contribution in [1.82, 2.24) is 15.1 Å². The van der Waals surface area contributed by atoms with Gasteiger partial charge in [-0.25, -0.2) is 4.68 Å². The quantitative estimate of drug-likeness (QED) is 0.769. The van der Waals surface area contributed by atoms with Gasteiger partial charge in [-0.05, 0) is 32.4 Å². The maximum Gasteiger partial charge on any atom is 0.134 e. The minimum Gasteiger partial charge on any atom is -0.459 e. The molecule has 1 aliphatic heterocycles. The molecule has 0 aliphatic carbocycles. The standard InChI is InChI=1S/C19H24N4O/c1-12-8-18-21-10-15(11-23(18)22-12)9-20-14(3)19-13(2)16-6-4-5-7-17(16)24-19/h4-8,14-15,20-21H,9-11H2,1-3H3. The Labute approximate surface area is 142 Å². The third kappa shape index (κ3) is 2.69. The number of aromatic nitrogens is 2. The van der Waals surface area contributed by atoms with Gasteiger partial charge in [0.15, 0.2) is 0 Å². The Balaban J connectivity index is 1.43. The zero-order chi connectivity index (χ0) is 16.7. The maximum absolute atomic E-state index is 6.06. The van der Waals surface area contributed by atoms with Gasteiger partial charge in [-0.3, -0.25) is 0 Å². The Hall–Kier alpha value is -2.27. The third-order valence-electron chi connectivity index (χ3n) is 4.89. The van der Waals surface area contributed by atoms with E-state index in [1.54, 1.807) is 0 Å². The number of benzene rings is 1. The molecule has 5 heteroatoms. The summed E-state index contributed by atoms with van der Waals surface area (Å²) in [6, 6.07) is 10.5. The minimum atomic E-state index is 0.193. The molecule has 4 rings (SSSR count). The highest BCUT2D eigenvalue weighted by Crippen LogP contribution is 2.29. The van der Waals surface area contributed by atoms with Gasteiger partial charge in [-0.1, -0.05) is 18.2 Å². The van der Waals surface area contributed by atoms with Crippen molar-refractivity contribution in [2.75, 3.05) is 18.4 Å². The van der Waals surface area contributed by atoms with Gasteiger partial charge in [0.25, 0.3) is 0 Å². The highest BCUT2D eigenvalue weighted by atomic mass is 16.3. The van der Waals surface area contributed by atoms with Crippen molar-refractivity contribution in [1.29, 1.82) is 0 Å². The lowest BCUT2D eigenvalue weighted by Gasteiger charge is -2.26. The van der Waals surface area contributed by atoms with E-state index in [2.05, 4.69) is 52.5 Å². The molecule has 0 radical (unpaired) electrons. The van der Waals surface area contributed by atoms with Crippen LogP contribution in [-0.4, -0.2) is 22.9 Å². The van der Waals surface area contributed by atoms with Crippen LogP contribution < -0.4 is 10.6 Å². The van der Waals surface area contributed by atoms with Gasteiger partial charge in [-0.15, -0.1) is 0 Å². The molecule has 0 saturated carbocycles. The van der Waals surface area contributed by atoms with Crippen molar-refractivity contribution in [2.24, 2.45) is 5.92 Å². The zero-order valence-corrected chi connectivity index (χ0v) is 14.5. The normalized spacial score (nSPS) is 18.4. The number of para-hydroxylation sites is 1. The predicted octanol–water partition coefficient (Wildman–Crippen LogP) is 3.64. The van der Waals surface area contributed by atoms with E-state index in [1.165, 1.54) is 10.9 Å². The molecule has 3 aromatic rings. The third-order valence-corrected chi connectivity index (χ3v) is 4.89. The molecule has 3 heterocycles. The molecule has 5 nitrogen and oxygen atoms in total. The van der Waals surface area contributed by atoms with Crippen LogP contribution in [0.1, 0.15) is 30.0 Å². The van der Waals surface area contributed by atoms with E-state index in [9.17, 15) is 0 Å². The molecule has 1 aromatic carbocycles. The average molecular weight is 324 g/mol. The Bertz CT molecular complexity index is 864. The predicted molar refractivity (Wildman–Crippen MR) is 96.3 cm³/mol. The molecule has 0 bridgehead atoms. The van der Waals surface area contributed by atoms with Crippen molar-refractivity contribution in [3.05, 3.63) is 47.3 Å². The fourth-order valence-corrected chi connectivity index (χ4v) is 3.56. The van der Waals surface area contributed by atoms with Crippen molar-refractivity contribution in [3.63, 3.8) is 0 Å². The summed E-state index contributed by atoms with van der Waals surface area (Å²) >= 11 is 0. The van der Waals surface area contributed by atoms with Gasteiger partial charge in [0.05, 0.1) is 11.7 Å². The van der Waals surface area contributed by atoms with E-state index in [0.717, 1.165) is 42.5 Å². The van der Waals surface area contributed by atoms with Crippen LogP contribution in [0.3, 0.4) is 0 Å². The topological polar surface area (TPSA) is 55.0 Å². The SMILES string of the molecule is Cc1cc2n(n1)CC(CNC(C)c1oc3ccccc3c1C)CN2. The van der Waals surface area contributed by atoms with Crippen LogP contribution in [0, 0.1) is 19.8 Å². The Kier molecular flexibility index (Phi) is 3.81. The van der Waals surface area contributed by atoms with Gasteiger partial charge >= 0.3 is 0 Å². The van der Waals surface area contributed by atoms with Crippen LogP contribution in [0.25, 0.3) is 11.0 Å².